The first-order valence-corrected chi connectivity index (χ1v) is 32.7. The van der Waals surface area contributed by atoms with E-state index in [0.717, 1.165) is 64.2 Å². The molecule has 0 aliphatic carbocycles. The molecule has 0 saturated heterocycles. The predicted octanol–water partition coefficient (Wildman–Crippen LogP) is 19.3. The summed E-state index contributed by atoms with van der Waals surface area (Å²) in [4.78, 5) is 23.3. The van der Waals surface area contributed by atoms with Gasteiger partial charge >= 0.3 is 7.82 Å². The summed E-state index contributed by atoms with van der Waals surface area (Å²) in [5.74, 6) is -0.174. The highest BCUT2D eigenvalue weighted by Gasteiger charge is 2.27. The molecule has 0 fully saturated rings. The molecule has 428 valence electrons. The number of aliphatic hydroxyl groups is 1. The van der Waals surface area contributed by atoms with E-state index in [2.05, 4.69) is 67.8 Å². The zero-order chi connectivity index (χ0) is 53.5. The van der Waals surface area contributed by atoms with E-state index in [0.29, 0.717) is 17.4 Å². The topological polar surface area (TPSA) is 105 Å². The molecule has 0 aromatic rings. The minimum Gasteiger partial charge on any atom is -0.387 e. The van der Waals surface area contributed by atoms with Gasteiger partial charge in [-0.1, -0.05) is 286 Å². The molecule has 0 heterocycles. The minimum absolute atomic E-state index is 0.0626. The summed E-state index contributed by atoms with van der Waals surface area (Å²) in [5, 5.41) is 13.9. The average molecular weight is 1050 g/mol. The first-order valence-electron chi connectivity index (χ1n) is 31.2. The Morgan fingerprint density at radius 3 is 1.21 bits per heavy atom. The number of hydrogen-bond donors (Lipinski definition) is 3. The maximum Gasteiger partial charge on any atom is 0.472 e. The van der Waals surface area contributed by atoms with Gasteiger partial charge in [-0.2, -0.15) is 0 Å². The second-order valence-corrected chi connectivity index (χ2v) is 23.9. The van der Waals surface area contributed by atoms with Gasteiger partial charge in [-0.15, -0.1) is 0 Å². The number of likely N-dealkylation sites (N-methyl/N-ethyl adjacent to an activating group) is 1. The fraction of sp³-hybridized carbons (Fsp3) is 0.828. The van der Waals surface area contributed by atoms with Crippen LogP contribution in [0.2, 0.25) is 0 Å². The van der Waals surface area contributed by atoms with Gasteiger partial charge in [-0.3, -0.25) is 13.8 Å². The normalized spacial score (nSPS) is 14.2. The van der Waals surface area contributed by atoms with E-state index in [1.165, 1.54) is 205 Å². The van der Waals surface area contributed by atoms with Gasteiger partial charge in [0.1, 0.15) is 13.2 Å². The molecule has 3 unspecified atom stereocenters. The van der Waals surface area contributed by atoms with Crippen molar-refractivity contribution in [2.45, 2.75) is 302 Å². The van der Waals surface area contributed by atoms with Crippen molar-refractivity contribution in [1.29, 1.82) is 0 Å². The molecule has 0 radical (unpaired) electrons. The maximum absolute atomic E-state index is 13.0. The van der Waals surface area contributed by atoms with Crippen molar-refractivity contribution in [2.75, 3.05) is 40.9 Å². The average Bonchev–Trinajstić information content (AvgIpc) is 3.35. The monoisotopic (exact) mass is 1050 g/mol. The van der Waals surface area contributed by atoms with Gasteiger partial charge in [0.15, 0.2) is 0 Å². The van der Waals surface area contributed by atoms with Crippen LogP contribution >= 0.6 is 7.82 Å². The maximum atomic E-state index is 13.0. The van der Waals surface area contributed by atoms with E-state index in [4.69, 9.17) is 9.05 Å². The lowest BCUT2D eigenvalue weighted by atomic mass is 10.0. The van der Waals surface area contributed by atoms with Crippen LogP contribution < -0.4 is 5.32 Å². The fourth-order valence-electron chi connectivity index (χ4n) is 9.15. The zero-order valence-corrected chi connectivity index (χ0v) is 49.8. The van der Waals surface area contributed by atoms with Crippen LogP contribution in [0, 0.1) is 0 Å². The van der Waals surface area contributed by atoms with Crippen LogP contribution in [0.4, 0.5) is 0 Å². The molecule has 0 aromatic carbocycles. The van der Waals surface area contributed by atoms with Crippen molar-refractivity contribution < 1.29 is 32.9 Å². The molecular formula is C64H122N2O6P+. The van der Waals surface area contributed by atoms with Gasteiger partial charge in [0.2, 0.25) is 5.91 Å². The molecule has 0 rings (SSSR count). The van der Waals surface area contributed by atoms with Crippen molar-refractivity contribution in [1.82, 2.24) is 5.32 Å². The van der Waals surface area contributed by atoms with Gasteiger partial charge in [-0.25, -0.2) is 4.57 Å². The summed E-state index contributed by atoms with van der Waals surface area (Å²) >= 11 is 0. The second-order valence-electron chi connectivity index (χ2n) is 22.4. The number of rotatable bonds is 57. The number of allylic oxidation sites excluding steroid dienone is 9. The lowest BCUT2D eigenvalue weighted by Gasteiger charge is -2.25. The van der Waals surface area contributed by atoms with E-state index in [1.807, 2.05) is 27.2 Å². The smallest absolute Gasteiger partial charge is 0.387 e. The first-order chi connectivity index (χ1) is 35.5. The molecular weight excluding hydrogens is 924 g/mol. The van der Waals surface area contributed by atoms with Gasteiger partial charge < -0.3 is 19.8 Å². The van der Waals surface area contributed by atoms with Crippen molar-refractivity contribution >= 4 is 13.7 Å². The molecule has 9 heteroatoms. The third-order valence-corrected chi connectivity index (χ3v) is 15.0. The van der Waals surface area contributed by atoms with Gasteiger partial charge in [-0.05, 0) is 57.8 Å². The highest BCUT2D eigenvalue weighted by Crippen LogP contribution is 2.43. The Morgan fingerprint density at radius 1 is 0.479 bits per heavy atom. The fourth-order valence-corrected chi connectivity index (χ4v) is 9.89. The third-order valence-electron chi connectivity index (χ3n) is 14.0. The van der Waals surface area contributed by atoms with Gasteiger partial charge in [0, 0.05) is 6.42 Å². The standard InChI is InChI=1S/C64H121N2O6P/c1-6-8-10-12-14-16-18-20-21-22-23-24-25-26-27-28-29-30-31-32-33-34-35-36-37-38-39-40-41-42-43-44-45-46-48-50-52-54-56-58-64(68)65-62(61-72-73(69,70)71-60-59-66(3,4)5)63(67)57-55-53-51-49-47-19-17-15-13-11-9-7-2/h8,10,14,16,20-21,23-24,55,57,62-63,67H,6-7,9,11-13,15,17-19,22,25-54,56,58-61H2,1-5H3,(H-,65,68,69,70)/p+1/b10-8-,16-14-,21-20-,24-23-,57-55+. The number of carbonyl (C=O) groups is 1. The van der Waals surface area contributed by atoms with E-state index < -0.39 is 20.0 Å². The molecule has 0 aliphatic rings. The first kappa shape index (κ1) is 71.2. The van der Waals surface area contributed by atoms with Crippen LogP contribution in [0.3, 0.4) is 0 Å². The molecule has 0 aromatic heterocycles. The largest absolute Gasteiger partial charge is 0.472 e. The van der Waals surface area contributed by atoms with Gasteiger partial charge in [0.05, 0.1) is 39.9 Å². The molecule has 0 spiro atoms. The Hall–Kier alpha value is -1.80. The Labute approximate surface area is 453 Å². The third kappa shape index (κ3) is 57.7. The number of amides is 1. The Balaban J connectivity index is 3.86. The number of nitrogens with one attached hydrogen (secondary N) is 1. The molecule has 0 saturated carbocycles. The lowest BCUT2D eigenvalue weighted by molar-refractivity contribution is -0.870. The SMILES string of the molecule is CC/C=C\C/C=C\C/C=C\C/C=C\CCCCCCCCCCCCCCCCCCCCCCCCCCCCC(=O)NC(COP(=O)(O)OCC[N+](C)(C)C)C(O)/C=C/CCCCCCCCCCCC. The van der Waals surface area contributed by atoms with Crippen LogP contribution in [-0.4, -0.2) is 73.4 Å². The number of unbranched alkanes of at least 4 members (excludes halogenated alkanes) is 36. The quantitative estimate of drug-likeness (QED) is 0.0243. The highest BCUT2D eigenvalue weighted by atomic mass is 31.2. The van der Waals surface area contributed by atoms with Crippen molar-refractivity contribution in [3.8, 4) is 0 Å². The number of phosphoric ester groups is 1. The Bertz CT molecular complexity index is 1370. The molecule has 73 heavy (non-hydrogen) atoms. The van der Waals surface area contributed by atoms with Crippen LogP contribution in [0.1, 0.15) is 290 Å². The number of aliphatic hydroxyl groups excluding tert-OH is 1. The number of nitrogens with zero attached hydrogens (tertiary/aromatic N) is 1. The highest BCUT2D eigenvalue weighted by molar-refractivity contribution is 7.47. The van der Waals surface area contributed by atoms with Crippen LogP contribution in [0.15, 0.2) is 60.8 Å². The lowest BCUT2D eigenvalue weighted by Crippen LogP contribution is -2.45. The van der Waals surface area contributed by atoms with E-state index >= 15 is 0 Å². The number of carbonyl (C=O) groups excluding carboxylic acids is 1. The molecule has 1 amide bonds. The van der Waals surface area contributed by atoms with E-state index in [-0.39, 0.29) is 19.1 Å². The molecule has 8 nitrogen and oxygen atoms in total. The second kappa shape index (κ2) is 55.0. The number of phosphoric acid groups is 1. The minimum atomic E-state index is -4.34. The Kier molecular flexibility index (Phi) is 53.6. The molecule has 0 bridgehead atoms. The van der Waals surface area contributed by atoms with E-state index in [9.17, 15) is 19.4 Å². The predicted molar refractivity (Wildman–Crippen MR) is 318 cm³/mol. The molecule has 0 aliphatic heterocycles. The van der Waals surface area contributed by atoms with E-state index in [1.54, 1.807) is 6.08 Å². The van der Waals surface area contributed by atoms with Crippen LogP contribution in [0.25, 0.3) is 0 Å². The van der Waals surface area contributed by atoms with Crippen molar-refractivity contribution in [3.05, 3.63) is 60.8 Å². The number of hydrogen-bond acceptors (Lipinski definition) is 5. The summed E-state index contributed by atoms with van der Waals surface area (Å²) in [5.41, 5.74) is 0. The van der Waals surface area contributed by atoms with Crippen molar-refractivity contribution in [2.24, 2.45) is 0 Å². The Morgan fingerprint density at radius 2 is 0.822 bits per heavy atom. The summed E-state index contributed by atoms with van der Waals surface area (Å²) in [6, 6.07) is -0.844. The summed E-state index contributed by atoms with van der Waals surface area (Å²) < 4.78 is 23.7. The molecule has 3 atom stereocenters. The molecule has 3 N–H and O–H groups in total. The summed E-state index contributed by atoms with van der Waals surface area (Å²) in [6.45, 7) is 4.71. The zero-order valence-electron chi connectivity index (χ0n) is 48.9. The van der Waals surface area contributed by atoms with Crippen LogP contribution in [-0.2, 0) is 18.4 Å². The number of quaternary nitrogens is 1. The van der Waals surface area contributed by atoms with Crippen LogP contribution in [0.5, 0.6) is 0 Å². The van der Waals surface area contributed by atoms with Gasteiger partial charge in [0.25, 0.3) is 0 Å². The summed E-state index contributed by atoms with van der Waals surface area (Å²) in [7, 11) is 1.58. The summed E-state index contributed by atoms with van der Waals surface area (Å²) in [6.07, 6.45) is 75.0. The van der Waals surface area contributed by atoms with Crippen molar-refractivity contribution in [3.63, 3.8) is 0 Å².